The van der Waals surface area contributed by atoms with E-state index in [0.717, 1.165) is 11.1 Å². The second-order valence-corrected chi connectivity index (χ2v) is 10.4. The minimum Gasteiger partial charge on any atom is -1.00 e. The van der Waals surface area contributed by atoms with Gasteiger partial charge >= 0.3 is 0 Å². The molecule has 2 aromatic rings. The van der Waals surface area contributed by atoms with Gasteiger partial charge in [0.15, 0.2) is 0 Å². The Morgan fingerprint density at radius 2 is 0.767 bits per heavy atom. The van der Waals surface area contributed by atoms with Crippen LogP contribution < -0.4 is 47.7 Å². The van der Waals surface area contributed by atoms with E-state index in [2.05, 4.69) is 69.5 Å². The molecule has 0 atom stereocenters. The number of hydrogen-bond acceptors (Lipinski definition) is 2. The monoisotopic (exact) mass is 456 g/mol. The van der Waals surface area contributed by atoms with Crippen LogP contribution >= 0.6 is 0 Å². The van der Waals surface area contributed by atoms with E-state index in [4.69, 9.17) is 11.5 Å². The van der Waals surface area contributed by atoms with E-state index in [0.29, 0.717) is 0 Å². The predicted molar refractivity (Wildman–Crippen MR) is 119 cm³/mol. The Morgan fingerprint density at radius 3 is 1.00 bits per heavy atom. The molecule has 0 aromatic heterocycles. The second kappa shape index (κ2) is 10.9. The summed E-state index contributed by atoms with van der Waals surface area (Å²) in [5, 5.41) is 0. The van der Waals surface area contributed by atoms with Gasteiger partial charge < -0.3 is 47.7 Å². The first-order chi connectivity index (χ1) is 12.4. The minimum atomic E-state index is -0.304. The smallest absolute Gasteiger partial charge is 0.114 e. The number of hydrogen-bond donors (Lipinski definition) is 4. The van der Waals surface area contributed by atoms with Crippen LogP contribution in [0.4, 0.5) is 0 Å². The molecule has 0 aliphatic rings. The van der Waals surface area contributed by atoms with Gasteiger partial charge in [0.05, 0.1) is 0 Å². The third-order valence-electron chi connectivity index (χ3n) is 4.78. The molecule has 0 fully saturated rings. The maximum Gasteiger partial charge on any atom is 0.114 e. The molecule has 0 aliphatic carbocycles. The molecule has 0 saturated heterocycles. The zero-order valence-electron chi connectivity index (χ0n) is 19.9. The van der Waals surface area contributed by atoms with Gasteiger partial charge in [-0.05, 0) is 72.6 Å². The fraction of sp³-hybridized carbons (Fsp3) is 0.500. The highest BCUT2D eigenvalue weighted by Crippen LogP contribution is 2.23. The van der Waals surface area contributed by atoms with Crippen LogP contribution in [0.2, 0.25) is 0 Å². The van der Waals surface area contributed by atoms with Gasteiger partial charge in [-0.2, -0.15) is 0 Å². The van der Waals surface area contributed by atoms with Crippen LogP contribution in [0.15, 0.2) is 48.5 Å². The molecule has 0 aliphatic heterocycles. The number of quaternary nitrogens is 2. The van der Waals surface area contributed by atoms with Gasteiger partial charge in [-0.3, -0.25) is 0 Å². The summed E-state index contributed by atoms with van der Waals surface area (Å²) >= 11 is 0. The third kappa shape index (κ3) is 9.78. The summed E-state index contributed by atoms with van der Waals surface area (Å²) in [6.07, 6.45) is 0. The SMILES string of the molecule is CC(C)(N)c1cccc(C(C)(C)N)c1.CC(C)([NH3+])c1cccc(C(C)(C)[NH3+])c1.[Cl-].[Cl-]. The highest BCUT2D eigenvalue weighted by molar-refractivity contribution is 5.32. The Kier molecular flexibility index (Phi) is 11.3. The molecule has 0 amide bonds. The molecule has 0 radical (unpaired) electrons. The lowest BCUT2D eigenvalue weighted by atomic mass is 9.88. The summed E-state index contributed by atoms with van der Waals surface area (Å²) in [6.45, 7) is 16.5. The Morgan fingerprint density at radius 1 is 0.533 bits per heavy atom. The summed E-state index contributed by atoms with van der Waals surface area (Å²) in [5.41, 5.74) is 24.5. The summed E-state index contributed by atoms with van der Waals surface area (Å²) in [6, 6.07) is 16.7. The third-order valence-corrected chi connectivity index (χ3v) is 4.78. The van der Waals surface area contributed by atoms with Gasteiger partial charge in [0.25, 0.3) is 0 Å². The predicted octanol–water partition coefficient (Wildman–Crippen LogP) is -3.28. The van der Waals surface area contributed by atoms with Crippen molar-refractivity contribution in [3.63, 3.8) is 0 Å². The quantitative estimate of drug-likeness (QED) is 0.387. The highest BCUT2D eigenvalue weighted by Gasteiger charge is 2.23. The zero-order valence-corrected chi connectivity index (χ0v) is 21.5. The Labute approximate surface area is 196 Å². The molecule has 0 bridgehead atoms. The maximum atomic E-state index is 6.03. The van der Waals surface area contributed by atoms with Crippen LogP contribution in [0.3, 0.4) is 0 Å². The van der Waals surface area contributed by atoms with E-state index in [1.54, 1.807) is 0 Å². The molecule has 0 unspecified atom stereocenters. The van der Waals surface area contributed by atoms with Crippen LogP contribution in [-0.4, -0.2) is 0 Å². The highest BCUT2D eigenvalue weighted by atomic mass is 35.5. The molecule has 0 spiro atoms. The van der Waals surface area contributed by atoms with Gasteiger partial charge in [-0.25, -0.2) is 0 Å². The summed E-state index contributed by atoms with van der Waals surface area (Å²) in [5.74, 6) is 0. The molecule has 30 heavy (non-hydrogen) atoms. The molecular formula is C24H42Cl2N4. The summed E-state index contributed by atoms with van der Waals surface area (Å²) in [4.78, 5) is 0. The number of halogens is 2. The zero-order chi connectivity index (χ0) is 22.0. The molecule has 172 valence electrons. The summed E-state index contributed by atoms with van der Waals surface area (Å²) in [7, 11) is 0. The van der Waals surface area contributed by atoms with E-state index in [1.165, 1.54) is 11.1 Å². The maximum absolute atomic E-state index is 6.03. The molecule has 6 heteroatoms. The van der Waals surface area contributed by atoms with E-state index in [-0.39, 0.29) is 47.0 Å². The number of rotatable bonds is 4. The van der Waals surface area contributed by atoms with Crippen molar-refractivity contribution in [1.29, 1.82) is 0 Å². The van der Waals surface area contributed by atoms with Gasteiger partial charge in [0.1, 0.15) is 11.1 Å². The number of benzene rings is 2. The van der Waals surface area contributed by atoms with Crippen LogP contribution in [0.25, 0.3) is 0 Å². The first kappa shape index (κ1) is 31.0. The largest absolute Gasteiger partial charge is 1.00 e. The lowest BCUT2D eigenvalue weighted by Gasteiger charge is -2.24. The molecule has 4 nitrogen and oxygen atoms in total. The van der Waals surface area contributed by atoms with Gasteiger partial charge in [0.2, 0.25) is 0 Å². The van der Waals surface area contributed by atoms with E-state index < -0.39 is 0 Å². The normalized spacial score (nSPS) is 12.1. The summed E-state index contributed by atoms with van der Waals surface area (Å²) < 4.78 is 0. The fourth-order valence-electron chi connectivity index (χ4n) is 2.68. The van der Waals surface area contributed by atoms with Crippen molar-refractivity contribution in [2.45, 2.75) is 77.5 Å². The van der Waals surface area contributed by atoms with Crippen molar-refractivity contribution in [3.05, 3.63) is 70.8 Å². The lowest BCUT2D eigenvalue weighted by molar-refractivity contribution is -0.476. The Bertz CT molecular complexity index is 651. The molecular weight excluding hydrogens is 415 g/mol. The molecule has 0 saturated carbocycles. The standard InChI is InChI=1S/2C12H20N2.2ClH/c2*1-11(2,13)9-6-5-7-10(8-9)12(3,4)14;;/h2*5-8H,13-14H2,1-4H3;2*1H. The Hall–Kier alpha value is -1.14. The average Bonchev–Trinajstić information content (AvgIpc) is 2.52. The number of nitrogens with two attached hydrogens (primary N) is 2. The van der Waals surface area contributed by atoms with Crippen LogP contribution in [0, 0.1) is 0 Å². The minimum absolute atomic E-state index is 0. The van der Waals surface area contributed by atoms with Crippen molar-refractivity contribution in [1.82, 2.24) is 0 Å². The fourth-order valence-corrected chi connectivity index (χ4v) is 2.68. The van der Waals surface area contributed by atoms with E-state index in [1.807, 2.05) is 45.9 Å². The van der Waals surface area contributed by atoms with Crippen LogP contribution in [0.5, 0.6) is 0 Å². The van der Waals surface area contributed by atoms with Crippen molar-refractivity contribution >= 4 is 0 Å². The first-order valence-corrected chi connectivity index (χ1v) is 9.93. The Balaban J connectivity index is 0. The van der Waals surface area contributed by atoms with Gasteiger partial charge in [-0.15, -0.1) is 0 Å². The topological polar surface area (TPSA) is 107 Å². The van der Waals surface area contributed by atoms with Crippen molar-refractivity contribution in [2.75, 3.05) is 0 Å². The van der Waals surface area contributed by atoms with Crippen molar-refractivity contribution in [2.24, 2.45) is 11.5 Å². The van der Waals surface area contributed by atoms with Gasteiger partial charge in [-0.1, -0.05) is 42.5 Å². The molecule has 10 N–H and O–H groups in total. The van der Waals surface area contributed by atoms with Crippen molar-refractivity contribution in [3.8, 4) is 0 Å². The van der Waals surface area contributed by atoms with E-state index >= 15 is 0 Å². The average molecular weight is 458 g/mol. The second-order valence-electron chi connectivity index (χ2n) is 10.4. The van der Waals surface area contributed by atoms with Crippen LogP contribution in [-0.2, 0) is 22.2 Å². The molecule has 2 aromatic carbocycles. The van der Waals surface area contributed by atoms with E-state index in [9.17, 15) is 0 Å². The molecule has 0 heterocycles. The molecule has 2 rings (SSSR count). The van der Waals surface area contributed by atoms with Crippen molar-refractivity contribution < 1.29 is 36.3 Å². The lowest BCUT2D eigenvalue weighted by Crippen LogP contribution is -3.00. The van der Waals surface area contributed by atoms with Gasteiger partial charge in [0, 0.05) is 22.2 Å². The first-order valence-electron chi connectivity index (χ1n) is 9.93. The van der Waals surface area contributed by atoms with Crippen LogP contribution in [0.1, 0.15) is 77.6 Å².